The third-order valence-electron chi connectivity index (χ3n) is 4.19. The van der Waals surface area contributed by atoms with Crippen LogP contribution in [0.3, 0.4) is 0 Å². The molecule has 0 amide bonds. The van der Waals surface area contributed by atoms with E-state index in [4.69, 9.17) is 4.74 Å². The molecule has 21 heavy (non-hydrogen) atoms. The quantitative estimate of drug-likeness (QED) is 0.827. The van der Waals surface area contributed by atoms with Gasteiger partial charge in [0, 0.05) is 12.1 Å². The zero-order chi connectivity index (χ0) is 15.2. The highest BCUT2D eigenvalue weighted by atomic mass is 19.3. The number of hydrogen-bond acceptors (Lipinski definition) is 3. The Labute approximate surface area is 124 Å². The van der Waals surface area contributed by atoms with Crippen molar-refractivity contribution in [1.29, 1.82) is 0 Å². The summed E-state index contributed by atoms with van der Waals surface area (Å²) >= 11 is 0. The van der Waals surface area contributed by atoms with E-state index in [1.54, 1.807) is 19.2 Å². The van der Waals surface area contributed by atoms with E-state index in [0.29, 0.717) is 17.5 Å². The van der Waals surface area contributed by atoms with E-state index in [0.717, 1.165) is 18.8 Å². The fraction of sp³-hybridized carbons (Fsp3) is 0.625. The summed E-state index contributed by atoms with van der Waals surface area (Å²) in [7, 11) is 1.55. The molecular weight excluding hydrogens is 276 g/mol. The summed E-state index contributed by atoms with van der Waals surface area (Å²) in [5.41, 5.74) is 0.578. The van der Waals surface area contributed by atoms with Crippen molar-refractivity contribution >= 4 is 5.69 Å². The summed E-state index contributed by atoms with van der Waals surface area (Å²) in [6.07, 6.45) is 5.70. The Morgan fingerprint density at radius 1 is 1.24 bits per heavy atom. The van der Waals surface area contributed by atoms with Gasteiger partial charge in [0.1, 0.15) is 11.5 Å². The molecule has 5 heteroatoms. The molecule has 0 aromatic heterocycles. The molecule has 0 unspecified atom stereocenters. The number of alkyl halides is 2. The molecular formula is C16H23F2NO2. The van der Waals surface area contributed by atoms with E-state index in [1.807, 2.05) is 0 Å². The van der Waals surface area contributed by atoms with Crippen molar-refractivity contribution in [2.24, 2.45) is 5.92 Å². The van der Waals surface area contributed by atoms with Crippen LogP contribution < -0.4 is 14.8 Å². The molecule has 1 aliphatic rings. The van der Waals surface area contributed by atoms with Gasteiger partial charge in [0.15, 0.2) is 0 Å². The SMILES string of the molecule is CCC1CCC(Nc2cc(OC)ccc2OC(F)F)CC1. The lowest BCUT2D eigenvalue weighted by atomic mass is 9.84. The van der Waals surface area contributed by atoms with Gasteiger partial charge in [0.25, 0.3) is 0 Å². The van der Waals surface area contributed by atoms with Crippen LogP contribution in [-0.2, 0) is 0 Å². The maximum atomic E-state index is 12.5. The first-order valence-corrected chi connectivity index (χ1v) is 7.51. The van der Waals surface area contributed by atoms with E-state index in [9.17, 15) is 8.78 Å². The Balaban J connectivity index is 2.06. The number of ether oxygens (including phenoxy) is 2. The summed E-state index contributed by atoms with van der Waals surface area (Å²) in [6.45, 7) is -0.607. The molecule has 0 heterocycles. The predicted octanol–water partition coefficient (Wildman–Crippen LogP) is 4.68. The topological polar surface area (TPSA) is 30.5 Å². The first-order valence-electron chi connectivity index (χ1n) is 7.51. The number of benzene rings is 1. The normalized spacial score (nSPS) is 22.1. The fourth-order valence-electron chi connectivity index (χ4n) is 2.88. The zero-order valence-corrected chi connectivity index (χ0v) is 12.6. The maximum absolute atomic E-state index is 12.5. The molecule has 1 fully saturated rings. The van der Waals surface area contributed by atoms with Crippen LogP contribution >= 0.6 is 0 Å². The van der Waals surface area contributed by atoms with E-state index >= 15 is 0 Å². The smallest absolute Gasteiger partial charge is 0.387 e. The first-order chi connectivity index (χ1) is 10.1. The van der Waals surface area contributed by atoms with Crippen molar-refractivity contribution < 1.29 is 18.3 Å². The lowest BCUT2D eigenvalue weighted by molar-refractivity contribution is -0.0494. The van der Waals surface area contributed by atoms with Crippen LogP contribution in [0.15, 0.2) is 18.2 Å². The van der Waals surface area contributed by atoms with Gasteiger partial charge in [-0.25, -0.2) is 0 Å². The van der Waals surface area contributed by atoms with Crippen LogP contribution in [0.1, 0.15) is 39.0 Å². The van der Waals surface area contributed by atoms with Gasteiger partial charge in [0.2, 0.25) is 0 Å². The summed E-state index contributed by atoms with van der Waals surface area (Å²) in [5.74, 6) is 1.59. The van der Waals surface area contributed by atoms with E-state index in [-0.39, 0.29) is 5.75 Å². The third kappa shape index (κ3) is 4.48. The van der Waals surface area contributed by atoms with Crippen molar-refractivity contribution in [1.82, 2.24) is 0 Å². The number of halogens is 2. The first kappa shape index (κ1) is 15.9. The Morgan fingerprint density at radius 2 is 1.95 bits per heavy atom. The van der Waals surface area contributed by atoms with Crippen LogP contribution in [0.4, 0.5) is 14.5 Å². The molecule has 1 aromatic carbocycles. The van der Waals surface area contributed by atoms with E-state index in [2.05, 4.69) is 17.0 Å². The molecule has 1 N–H and O–H groups in total. The largest absolute Gasteiger partial charge is 0.497 e. The highest BCUT2D eigenvalue weighted by Gasteiger charge is 2.21. The second kappa shape index (κ2) is 7.48. The van der Waals surface area contributed by atoms with Crippen LogP contribution in [0, 0.1) is 5.92 Å². The monoisotopic (exact) mass is 299 g/mol. The minimum atomic E-state index is -2.82. The summed E-state index contributed by atoms with van der Waals surface area (Å²) in [5, 5.41) is 3.34. The number of anilines is 1. The summed E-state index contributed by atoms with van der Waals surface area (Å²) in [6, 6.07) is 5.16. The molecule has 1 saturated carbocycles. The summed E-state index contributed by atoms with van der Waals surface area (Å²) < 4.78 is 34.7. The predicted molar refractivity (Wildman–Crippen MR) is 79.3 cm³/mol. The second-order valence-electron chi connectivity index (χ2n) is 5.51. The average Bonchev–Trinajstić information content (AvgIpc) is 2.49. The van der Waals surface area contributed by atoms with Crippen LogP contribution in [0.25, 0.3) is 0 Å². The van der Waals surface area contributed by atoms with Crippen molar-refractivity contribution in [3.8, 4) is 11.5 Å². The maximum Gasteiger partial charge on any atom is 0.387 e. The fourth-order valence-corrected chi connectivity index (χ4v) is 2.88. The number of hydrogen-bond donors (Lipinski definition) is 1. The van der Waals surface area contributed by atoms with Crippen molar-refractivity contribution in [2.45, 2.75) is 51.7 Å². The van der Waals surface area contributed by atoms with Crippen molar-refractivity contribution in [3.63, 3.8) is 0 Å². The highest BCUT2D eigenvalue weighted by Crippen LogP contribution is 2.34. The van der Waals surface area contributed by atoms with Gasteiger partial charge < -0.3 is 14.8 Å². The van der Waals surface area contributed by atoms with Crippen molar-refractivity contribution in [2.75, 3.05) is 12.4 Å². The number of methoxy groups -OCH3 is 1. The summed E-state index contributed by atoms with van der Waals surface area (Å²) in [4.78, 5) is 0. The molecule has 1 aliphatic carbocycles. The molecule has 1 aromatic rings. The molecule has 0 radical (unpaired) electrons. The van der Waals surface area contributed by atoms with Gasteiger partial charge in [-0.15, -0.1) is 0 Å². The van der Waals surface area contributed by atoms with E-state index in [1.165, 1.54) is 25.3 Å². The van der Waals surface area contributed by atoms with Gasteiger partial charge in [-0.1, -0.05) is 13.3 Å². The minimum absolute atomic E-state index is 0.170. The molecule has 0 aliphatic heterocycles. The lowest BCUT2D eigenvalue weighted by Crippen LogP contribution is -2.26. The van der Waals surface area contributed by atoms with E-state index < -0.39 is 6.61 Å². The van der Waals surface area contributed by atoms with Gasteiger partial charge in [-0.3, -0.25) is 0 Å². The minimum Gasteiger partial charge on any atom is -0.497 e. The van der Waals surface area contributed by atoms with Crippen LogP contribution in [-0.4, -0.2) is 19.8 Å². The van der Waals surface area contributed by atoms with Crippen LogP contribution in [0.5, 0.6) is 11.5 Å². The average molecular weight is 299 g/mol. The van der Waals surface area contributed by atoms with Gasteiger partial charge in [0.05, 0.1) is 12.8 Å². The molecule has 118 valence electrons. The second-order valence-corrected chi connectivity index (χ2v) is 5.51. The number of nitrogens with one attached hydrogen (secondary N) is 1. The number of rotatable bonds is 6. The molecule has 0 spiro atoms. The lowest BCUT2D eigenvalue weighted by Gasteiger charge is -2.29. The van der Waals surface area contributed by atoms with Crippen molar-refractivity contribution in [3.05, 3.63) is 18.2 Å². The Morgan fingerprint density at radius 3 is 2.52 bits per heavy atom. The molecule has 0 atom stereocenters. The molecule has 0 bridgehead atoms. The zero-order valence-electron chi connectivity index (χ0n) is 12.6. The Kier molecular flexibility index (Phi) is 5.65. The van der Waals surface area contributed by atoms with Gasteiger partial charge >= 0.3 is 6.61 Å². The molecule has 2 rings (SSSR count). The Bertz CT molecular complexity index is 446. The highest BCUT2D eigenvalue weighted by molar-refractivity contribution is 5.60. The third-order valence-corrected chi connectivity index (χ3v) is 4.19. The van der Waals surface area contributed by atoms with Gasteiger partial charge in [-0.2, -0.15) is 8.78 Å². The molecule has 3 nitrogen and oxygen atoms in total. The molecule has 0 saturated heterocycles. The Hall–Kier alpha value is -1.52. The standard InChI is InChI=1S/C16H23F2NO2/c1-3-11-4-6-12(7-5-11)19-14-10-13(20-2)8-9-15(14)21-16(17)18/h8-12,16,19H,3-7H2,1-2H3. The van der Waals surface area contributed by atoms with Crippen LogP contribution in [0.2, 0.25) is 0 Å². The van der Waals surface area contributed by atoms with Gasteiger partial charge in [-0.05, 0) is 43.7 Å².